The first-order valence-electron chi connectivity index (χ1n) is 8.40. The summed E-state index contributed by atoms with van der Waals surface area (Å²) in [5, 5.41) is 22.4. The number of amides is 1. The van der Waals surface area contributed by atoms with E-state index < -0.39 is 23.7 Å². The highest BCUT2D eigenvalue weighted by Crippen LogP contribution is 2.08. The fourth-order valence-corrected chi connectivity index (χ4v) is 2.04. The molecule has 0 saturated carbocycles. The van der Waals surface area contributed by atoms with Crippen LogP contribution in [0.3, 0.4) is 0 Å². The fraction of sp³-hybridized carbons (Fsp3) is 0.812. The number of guanidine groups is 1. The van der Waals surface area contributed by atoms with Crippen LogP contribution in [0.1, 0.15) is 53.9 Å². The van der Waals surface area contributed by atoms with Crippen molar-refractivity contribution < 1.29 is 19.4 Å². The maximum atomic E-state index is 11.7. The largest absolute Gasteiger partial charge is 0.480 e. The van der Waals surface area contributed by atoms with Gasteiger partial charge in [0.2, 0.25) is 0 Å². The molecule has 0 saturated heterocycles. The maximum Gasteiger partial charge on any atom is 0.408 e. The van der Waals surface area contributed by atoms with Gasteiger partial charge in [0, 0.05) is 19.6 Å². The molecule has 0 unspecified atom stereocenters. The molecule has 8 heteroatoms. The molecule has 0 aromatic heterocycles. The Balaban J connectivity index is 4.13. The number of carbonyl (C=O) groups excluding carboxylic acids is 1. The zero-order valence-corrected chi connectivity index (χ0v) is 15.4. The van der Waals surface area contributed by atoms with Gasteiger partial charge in [-0.2, -0.15) is 0 Å². The lowest BCUT2D eigenvalue weighted by Gasteiger charge is -2.23. The lowest BCUT2D eigenvalue weighted by molar-refractivity contribution is -0.139. The summed E-state index contributed by atoms with van der Waals surface area (Å²) in [5.74, 6) is -0.702. The van der Waals surface area contributed by atoms with Crippen LogP contribution < -0.4 is 10.6 Å². The smallest absolute Gasteiger partial charge is 0.408 e. The lowest BCUT2D eigenvalue weighted by atomic mass is 10.1. The quantitative estimate of drug-likeness (QED) is 0.289. The van der Waals surface area contributed by atoms with E-state index in [9.17, 15) is 14.7 Å². The Labute approximate surface area is 144 Å². The molecule has 0 rings (SSSR count). The topological polar surface area (TPSA) is 115 Å². The van der Waals surface area contributed by atoms with Gasteiger partial charge in [0.25, 0.3) is 0 Å². The van der Waals surface area contributed by atoms with E-state index in [1.807, 2.05) is 18.7 Å². The minimum atomic E-state index is -1.08. The van der Waals surface area contributed by atoms with E-state index in [1.165, 1.54) is 0 Å². The molecule has 1 amide bonds. The summed E-state index contributed by atoms with van der Waals surface area (Å²) in [6.07, 6.45) is 0.917. The number of nitrogens with one attached hydrogen (secondary N) is 3. The Kier molecular flexibility index (Phi) is 9.83. The van der Waals surface area contributed by atoms with Crippen LogP contribution in [0.25, 0.3) is 0 Å². The lowest BCUT2D eigenvalue weighted by Crippen LogP contribution is -2.43. The molecule has 0 spiro atoms. The SMILES string of the molecule is CCN(CC)C(=N)NCCCC[C@H](NC(=O)OC(C)(C)C)C(=O)O. The van der Waals surface area contributed by atoms with E-state index in [4.69, 9.17) is 10.1 Å². The van der Waals surface area contributed by atoms with Crippen LogP contribution in [0.4, 0.5) is 4.79 Å². The average molecular weight is 344 g/mol. The Hall–Kier alpha value is -1.99. The molecular weight excluding hydrogens is 312 g/mol. The van der Waals surface area contributed by atoms with Crippen LogP contribution in [-0.2, 0) is 9.53 Å². The number of rotatable bonds is 9. The first-order chi connectivity index (χ1) is 11.1. The molecule has 0 bridgehead atoms. The van der Waals surface area contributed by atoms with Crippen LogP contribution in [0, 0.1) is 5.41 Å². The number of unbranched alkanes of at least 4 members (excludes halogenated alkanes) is 1. The number of hydrogen-bond donors (Lipinski definition) is 4. The van der Waals surface area contributed by atoms with E-state index in [-0.39, 0.29) is 0 Å². The zero-order chi connectivity index (χ0) is 18.8. The normalized spacial score (nSPS) is 12.2. The van der Waals surface area contributed by atoms with Crippen molar-refractivity contribution in [2.24, 2.45) is 0 Å². The van der Waals surface area contributed by atoms with Gasteiger partial charge in [-0.15, -0.1) is 0 Å². The van der Waals surface area contributed by atoms with Crippen LogP contribution in [-0.4, -0.2) is 59.3 Å². The second-order valence-corrected chi connectivity index (χ2v) is 6.48. The van der Waals surface area contributed by atoms with Crippen molar-refractivity contribution in [2.45, 2.75) is 65.5 Å². The van der Waals surface area contributed by atoms with Crippen molar-refractivity contribution in [3.63, 3.8) is 0 Å². The first kappa shape index (κ1) is 22.0. The highest BCUT2D eigenvalue weighted by Gasteiger charge is 2.23. The molecule has 140 valence electrons. The minimum absolute atomic E-state index is 0.314. The Morgan fingerprint density at radius 1 is 1.21 bits per heavy atom. The third kappa shape index (κ3) is 9.91. The van der Waals surface area contributed by atoms with Crippen LogP contribution in [0.15, 0.2) is 0 Å². The molecule has 0 aromatic carbocycles. The monoisotopic (exact) mass is 344 g/mol. The van der Waals surface area contributed by atoms with E-state index in [0.29, 0.717) is 31.8 Å². The molecule has 24 heavy (non-hydrogen) atoms. The molecule has 0 aliphatic heterocycles. The molecule has 0 aromatic rings. The van der Waals surface area contributed by atoms with Crippen molar-refractivity contribution in [3.05, 3.63) is 0 Å². The van der Waals surface area contributed by atoms with E-state index in [1.54, 1.807) is 20.8 Å². The fourth-order valence-electron chi connectivity index (χ4n) is 2.04. The van der Waals surface area contributed by atoms with E-state index in [0.717, 1.165) is 13.1 Å². The summed E-state index contributed by atoms with van der Waals surface area (Å²) >= 11 is 0. The summed E-state index contributed by atoms with van der Waals surface area (Å²) in [5.41, 5.74) is -0.665. The van der Waals surface area contributed by atoms with Crippen LogP contribution >= 0.6 is 0 Å². The van der Waals surface area contributed by atoms with Gasteiger partial charge in [0.05, 0.1) is 0 Å². The second kappa shape index (κ2) is 10.7. The van der Waals surface area contributed by atoms with Gasteiger partial charge < -0.3 is 25.4 Å². The highest BCUT2D eigenvalue weighted by atomic mass is 16.6. The molecule has 1 atom stereocenters. The van der Waals surface area contributed by atoms with Gasteiger partial charge in [-0.05, 0) is 53.9 Å². The third-order valence-corrected chi connectivity index (χ3v) is 3.28. The Morgan fingerprint density at radius 3 is 2.25 bits per heavy atom. The van der Waals surface area contributed by atoms with Crippen molar-refractivity contribution in [3.8, 4) is 0 Å². The second-order valence-electron chi connectivity index (χ2n) is 6.48. The number of carboxylic acids is 1. The van der Waals surface area contributed by atoms with Gasteiger partial charge in [0.15, 0.2) is 5.96 Å². The molecule has 0 fully saturated rings. The highest BCUT2D eigenvalue weighted by molar-refractivity contribution is 5.80. The molecule has 0 heterocycles. The van der Waals surface area contributed by atoms with Gasteiger partial charge in [0.1, 0.15) is 11.6 Å². The number of alkyl carbamates (subject to hydrolysis) is 1. The third-order valence-electron chi connectivity index (χ3n) is 3.28. The zero-order valence-electron chi connectivity index (χ0n) is 15.4. The van der Waals surface area contributed by atoms with E-state index in [2.05, 4.69) is 10.6 Å². The number of carbonyl (C=O) groups is 2. The van der Waals surface area contributed by atoms with Gasteiger partial charge in [-0.25, -0.2) is 9.59 Å². The molecular formula is C16H32N4O4. The predicted molar refractivity (Wildman–Crippen MR) is 93.3 cm³/mol. The average Bonchev–Trinajstić information content (AvgIpc) is 2.44. The minimum Gasteiger partial charge on any atom is -0.480 e. The first-order valence-corrected chi connectivity index (χ1v) is 8.40. The summed E-state index contributed by atoms with van der Waals surface area (Å²) in [7, 11) is 0. The van der Waals surface area contributed by atoms with Crippen LogP contribution in [0.5, 0.6) is 0 Å². The van der Waals surface area contributed by atoms with Gasteiger partial charge in [-0.3, -0.25) is 5.41 Å². The van der Waals surface area contributed by atoms with Gasteiger partial charge >= 0.3 is 12.1 Å². The van der Waals surface area contributed by atoms with Crippen molar-refractivity contribution in [1.29, 1.82) is 5.41 Å². The maximum absolute atomic E-state index is 11.7. The molecule has 0 radical (unpaired) electrons. The van der Waals surface area contributed by atoms with Crippen LogP contribution in [0.2, 0.25) is 0 Å². The van der Waals surface area contributed by atoms with Crippen molar-refractivity contribution in [2.75, 3.05) is 19.6 Å². The molecule has 0 aliphatic carbocycles. The van der Waals surface area contributed by atoms with Crippen molar-refractivity contribution in [1.82, 2.24) is 15.5 Å². The van der Waals surface area contributed by atoms with Gasteiger partial charge in [-0.1, -0.05) is 0 Å². The summed E-state index contributed by atoms with van der Waals surface area (Å²) in [6, 6.07) is -0.970. The Morgan fingerprint density at radius 2 is 1.79 bits per heavy atom. The molecule has 8 nitrogen and oxygen atoms in total. The van der Waals surface area contributed by atoms with Crippen molar-refractivity contribution >= 4 is 18.0 Å². The summed E-state index contributed by atoms with van der Waals surface area (Å²) in [6.45, 7) is 11.3. The Bertz CT molecular complexity index is 417. The number of nitrogens with zero attached hydrogens (tertiary/aromatic N) is 1. The number of hydrogen-bond acceptors (Lipinski definition) is 4. The number of carboxylic acid groups (broad SMARTS) is 1. The molecule has 4 N–H and O–H groups in total. The summed E-state index contributed by atoms with van der Waals surface area (Å²) in [4.78, 5) is 24.8. The number of aliphatic carboxylic acids is 1. The molecule has 0 aliphatic rings. The summed E-state index contributed by atoms with van der Waals surface area (Å²) < 4.78 is 5.07. The standard InChI is InChI=1S/C16H32N4O4/c1-6-20(7-2)14(17)18-11-9-8-10-12(13(21)22)19-15(23)24-16(3,4)5/h12H,6-11H2,1-5H3,(H2,17,18)(H,19,23)(H,21,22)/t12-/m0/s1. The number of ether oxygens (including phenoxy) is 1. The van der Waals surface area contributed by atoms with E-state index >= 15 is 0 Å². The predicted octanol–water partition coefficient (Wildman–Crippen LogP) is 2.00.